The van der Waals surface area contributed by atoms with Gasteiger partial charge in [0.2, 0.25) is 11.7 Å². The second kappa shape index (κ2) is 9.40. The number of hydrogen-bond acceptors (Lipinski definition) is 5. The van der Waals surface area contributed by atoms with E-state index in [0.29, 0.717) is 21.0 Å². The first-order valence-electron chi connectivity index (χ1n) is 7.77. The molecule has 0 saturated heterocycles. The van der Waals surface area contributed by atoms with Gasteiger partial charge in [-0.25, -0.2) is 4.79 Å². The first-order valence-corrected chi connectivity index (χ1v) is 9.13. The Hall–Kier alpha value is -2.31. The number of ketones is 1. The molecule has 0 atom stereocenters. The van der Waals surface area contributed by atoms with Gasteiger partial charge >= 0.3 is 5.97 Å². The Morgan fingerprint density at radius 1 is 1.00 bits per heavy atom. The molecule has 7 heteroatoms. The molecule has 26 heavy (non-hydrogen) atoms. The number of halogens is 1. The smallest absolute Gasteiger partial charge is 0.339 e. The number of carbonyl (C=O) groups is 3. The van der Waals surface area contributed by atoms with E-state index in [9.17, 15) is 14.4 Å². The zero-order valence-corrected chi connectivity index (χ0v) is 16.0. The van der Waals surface area contributed by atoms with Crippen molar-refractivity contribution in [3.05, 3.63) is 64.7 Å². The molecule has 2 rings (SSSR count). The molecule has 2 aromatic carbocycles. The van der Waals surface area contributed by atoms with Crippen LogP contribution in [0.1, 0.15) is 20.7 Å². The van der Waals surface area contributed by atoms with E-state index in [2.05, 4.69) is 0 Å². The van der Waals surface area contributed by atoms with Crippen LogP contribution in [-0.2, 0) is 9.53 Å². The average molecular weight is 392 g/mol. The molecular formula is C19H18ClNO4S. The Kier molecular flexibility index (Phi) is 7.24. The summed E-state index contributed by atoms with van der Waals surface area (Å²) in [4.78, 5) is 38.3. The number of amides is 1. The molecule has 0 heterocycles. The molecule has 0 spiro atoms. The Balaban J connectivity index is 2.02. The van der Waals surface area contributed by atoms with Gasteiger partial charge in [0.25, 0.3) is 0 Å². The maximum Gasteiger partial charge on any atom is 0.339 e. The average Bonchev–Trinajstić information content (AvgIpc) is 2.64. The lowest BCUT2D eigenvalue weighted by molar-refractivity contribution is -0.125. The minimum atomic E-state index is -0.620. The molecular weight excluding hydrogens is 374 g/mol. The number of ether oxygens (including phenoxy) is 1. The van der Waals surface area contributed by atoms with Gasteiger partial charge in [-0.1, -0.05) is 35.9 Å². The quantitative estimate of drug-likeness (QED) is 0.410. The van der Waals surface area contributed by atoms with E-state index < -0.39 is 12.6 Å². The Bertz CT molecular complexity index is 823. The molecule has 0 saturated carbocycles. The van der Waals surface area contributed by atoms with Gasteiger partial charge in [0, 0.05) is 24.6 Å². The summed E-state index contributed by atoms with van der Waals surface area (Å²) in [5.74, 6) is -0.856. The molecule has 0 unspecified atom stereocenters. The summed E-state index contributed by atoms with van der Waals surface area (Å²) in [5, 5.41) is 0.312. The van der Waals surface area contributed by atoms with E-state index in [0.717, 1.165) is 0 Å². The molecule has 2 aromatic rings. The van der Waals surface area contributed by atoms with Crippen molar-refractivity contribution < 1.29 is 19.1 Å². The maximum absolute atomic E-state index is 12.3. The van der Waals surface area contributed by atoms with Crippen LogP contribution in [0.4, 0.5) is 0 Å². The van der Waals surface area contributed by atoms with E-state index in [4.69, 9.17) is 16.3 Å². The van der Waals surface area contributed by atoms with Crippen LogP contribution in [0, 0.1) is 0 Å². The van der Waals surface area contributed by atoms with Gasteiger partial charge in [-0.05, 0) is 24.3 Å². The van der Waals surface area contributed by atoms with Crippen LogP contribution in [0.3, 0.4) is 0 Å². The Morgan fingerprint density at radius 2 is 1.62 bits per heavy atom. The summed E-state index contributed by atoms with van der Waals surface area (Å²) in [6, 6.07) is 13.4. The highest BCUT2D eigenvalue weighted by atomic mass is 35.5. The van der Waals surface area contributed by atoms with Crippen LogP contribution in [0.5, 0.6) is 0 Å². The van der Waals surface area contributed by atoms with Crippen molar-refractivity contribution in [3.8, 4) is 0 Å². The normalized spacial score (nSPS) is 10.3. The van der Waals surface area contributed by atoms with E-state index in [1.807, 2.05) is 0 Å². The third-order valence-corrected chi connectivity index (χ3v) is 4.85. The SMILES string of the molecule is CN(C)C(=O)CSc1ccccc1C(=O)OCC(=O)c1ccccc1Cl. The summed E-state index contributed by atoms with van der Waals surface area (Å²) in [6.07, 6.45) is 0. The van der Waals surface area contributed by atoms with Crippen molar-refractivity contribution in [2.75, 3.05) is 26.5 Å². The number of carbonyl (C=O) groups excluding carboxylic acids is 3. The second-order valence-corrected chi connectivity index (χ2v) is 6.98. The van der Waals surface area contributed by atoms with Gasteiger partial charge in [0.05, 0.1) is 16.3 Å². The van der Waals surface area contributed by atoms with Crippen molar-refractivity contribution in [3.63, 3.8) is 0 Å². The van der Waals surface area contributed by atoms with Crippen LogP contribution >= 0.6 is 23.4 Å². The molecule has 0 N–H and O–H groups in total. The van der Waals surface area contributed by atoms with Gasteiger partial charge in [0.15, 0.2) is 6.61 Å². The molecule has 0 aliphatic rings. The van der Waals surface area contributed by atoms with Crippen molar-refractivity contribution in [1.82, 2.24) is 4.90 Å². The lowest BCUT2D eigenvalue weighted by Gasteiger charge is -2.12. The molecule has 0 bridgehead atoms. The Morgan fingerprint density at radius 3 is 2.27 bits per heavy atom. The fourth-order valence-corrected chi connectivity index (χ4v) is 3.26. The molecule has 0 aliphatic carbocycles. The fourth-order valence-electron chi connectivity index (χ4n) is 2.00. The van der Waals surface area contributed by atoms with Gasteiger partial charge in [-0.2, -0.15) is 0 Å². The fraction of sp³-hybridized carbons (Fsp3) is 0.211. The third kappa shape index (κ3) is 5.34. The van der Waals surface area contributed by atoms with Gasteiger partial charge in [-0.3, -0.25) is 9.59 Å². The molecule has 5 nitrogen and oxygen atoms in total. The maximum atomic E-state index is 12.3. The lowest BCUT2D eigenvalue weighted by atomic mass is 10.1. The first-order chi connectivity index (χ1) is 12.4. The number of Topliss-reactive ketones (excluding diaryl/α,β-unsaturated/α-hetero) is 1. The standard InChI is InChI=1S/C19H18ClNO4S/c1-21(2)18(23)12-26-17-10-6-4-8-14(17)19(24)25-11-16(22)13-7-3-5-9-15(13)20/h3-10H,11-12H2,1-2H3. The first kappa shape index (κ1) is 20.0. The van der Waals surface area contributed by atoms with E-state index in [-0.39, 0.29) is 17.4 Å². The summed E-state index contributed by atoms with van der Waals surface area (Å²) in [5.41, 5.74) is 0.622. The topological polar surface area (TPSA) is 63.7 Å². The highest BCUT2D eigenvalue weighted by Gasteiger charge is 2.17. The monoisotopic (exact) mass is 391 g/mol. The Labute approximate surface area is 161 Å². The highest BCUT2D eigenvalue weighted by molar-refractivity contribution is 8.00. The van der Waals surface area contributed by atoms with Crippen LogP contribution in [-0.4, -0.2) is 49.0 Å². The molecule has 0 aromatic heterocycles. The lowest BCUT2D eigenvalue weighted by Crippen LogP contribution is -2.23. The molecule has 0 aliphatic heterocycles. The third-order valence-electron chi connectivity index (χ3n) is 3.47. The number of rotatable bonds is 7. The predicted molar refractivity (Wildman–Crippen MR) is 102 cm³/mol. The number of benzene rings is 2. The number of thioether (sulfide) groups is 1. The van der Waals surface area contributed by atoms with Gasteiger partial charge in [-0.15, -0.1) is 11.8 Å². The zero-order valence-electron chi connectivity index (χ0n) is 14.4. The molecule has 136 valence electrons. The van der Waals surface area contributed by atoms with E-state index in [1.165, 1.54) is 16.7 Å². The van der Waals surface area contributed by atoms with Crippen LogP contribution in [0.25, 0.3) is 0 Å². The minimum absolute atomic E-state index is 0.0629. The zero-order chi connectivity index (χ0) is 19.1. The number of hydrogen-bond donors (Lipinski definition) is 0. The van der Waals surface area contributed by atoms with Crippen LogP contribution in [0.15, 0.2) is 53.4 Å². The minimum Gasteiger partial charge on any atom is -0.454 e. The molecule has 1 amide bonds. The van der Waals surface area contributed by atoms with Crippen molar-refractivity contribution in [2.45, 2.75) is 4.90 Å². The van der Waals surface area contributed by atoms with Crippen molar-refractivity contribution in [1.29, 1.82) is 0 Å². The predicted octanol–water partition coefficient (Wildman–Crippen LogP) is 3.56. The summed E-state index contributed by atoms with van der Waals surface area (Å²) in [6.45, 7) is -0.405. The molecule has 0 fully saturated rings. The van der Waals surface area contributed by atoms with Gasteiger partial charge in [0.1, 0.15) is 0 Å². The second-order valence-electron chi connectivity index (χ2n) is 5.55. The van der Waals surface area contributed by atoms with Crippen molar-refractivity contribution >= 4 is 41.0 Å². The van der Waals surface area contributed by atoms with Gasteiger partial charge < -0.3 is 9.64 Å². The molecule has 0 radical (unpaired) electrons. The van der Waals surface area contributed by atoms with Crippen LogP contribution < -0.4 is 0 Å². The summed E-state index contributed by atoms with van der Waals surface area (Å²) < 4.78 is 5.14. The number of nitrogens with zero attached hydrogens (tertiary/aromatic N) is 1. The number of esters is 1. The van der Waals surface area contributed by atoms with Crippen LogP contribution in [0.2, 0.25) is 5.02 Å². The summed E-state index contributed by atoms with van der Waals surface area (Å²) in [7, 11) is 3.34. The largest absolute Gasteiger partial charge is 0.454 e. The van der Waals surface area contributed by atoms with E-state index in [1.54, 1.807) is 62.6 Å². The van der Waals surface area contributed by atoms with Crippen molar-refractivity contribution in [2.24, 2.45) is 0 Å². The highest BCUT2D eigenvalue weighted by Crippen LogP contribution is 2.24. The summed E-state index contributed by atoms with van der Waals surface area (Å²) >= 11 is 7.22. The van der Waals surface area contributed by atoms with E-state index >= 15 is 0 Å².